The van der Waals surface area contributed by atoms with Crippen molar-refractivity contribution in [1.29, 1.82) is 0 Å². The Balaban J connectivity index is 1.93. The second-order valence-corrected chi connectivity index (χ2v) is 7.13. The van der Waals surface area contributed by atoms with Gasteiger partial charge in [-0.25, -0.2) is 0 Å². The minimum atomic E-state index is -0.804. The van der Waals surface area contributed by atoms with Crippen LogP contribution in [0.15, 0.2) is 48.5 Å². The number of benzene rings is 2. The van der Waals surface area contributed by atoms with Gasteiger partial charge in [-0.3, -0.25) is 9.69 Å². The molecule has 0 radical (unpaired) electrons. The number of hydrogen-bond acceptors (Lipinski definition) is 4. The summed E-state index contributed by atoms with van der Waals surface area (Å²) in [5.41, 5.74) is 1.99. The zero-order valence-electron chi connectivity index (χ0n) is 13.2. The molecule has 0 saturated carbocycles. The number of carboxylic acid groups (broad SMARTS) is 1. The Labute approximate surface area is 150 Å². The Hall–Kier alpha value is -1.69. The van der Waals surface area contributed by atoms with Crippen molar-refractivity contribution in [2.24, 2.45) is 0 Å². The van der Waals surface area contributed by atoms with Crippen LogP contribution in [0.2, 0.25) is 5.02 Å². The van der Waals surface area contributed by atoms with Crippen molar-refractivity contribution in [2.45, 2.75) is 18.0 Å². The predicted molar refractivity (Wildman–Crippen MR) is 96.6 cm³/mol. The van der Waals surface area contributed by atoms with E-state index in [4.69, 9.17) is 16.3 Å². The van der Waals surface area contributed by atoms with Crippen LogP contribution in [-0.4, -0.2) is 34.9 Å². The molecule has 0 aromatic heterocycles. The van der Waals surface area contributed by atoms with Gasteiger partial charge >= 0.3 is 5.97 Å². The Morgan fingerprint density at radius 1 is 1.33 bits per heavy atom. The molecular formula is C18H18ClNO3S. The third-order valence-corrected chi connectivity index (χ3v) is 5.68. The number of halogens is 1. The number of ether oxygens (including phenoxy) is 1. The average Bonchev–Trinajstić information content (AvgIpc) is 2.99. The lowest BCUT2D eigenvalue weighted by molar-refractivity contribution is -0.142. The molecule has 6 heteroatoms. The van der Waals surface area contributed by atoms with E-state index >= 15 is 0 Å². The van der Waals surface area contributed by atoms with E-state index in [2.05, 4.69) is 0 Å². The Kier molecular flexibility index (Phi) is 5.33. The summed E-state index contributed by atoms with van der Waals surface area (Å²) in [6, 6.07) is 14.8. The molecule has 3 rings (SSSR count). The monoisotopic (exact) mass is 363 g/mol. The van der Waals surface area contributed by atoms with E-state index in [-0.39, 0.29) is 5.37 Å². The van der Waals surface area contributed by atoms with Crippen molar-refractivity contribution < 1.29 is 14.6 Å². The minimum absolute atomic E-state index is 0.0466. The third-order valence-electron chi connectivity index (χ3n) is 4.08. The van der Waals surface area contributed by atoms with Crippen LogP contribution in [0.3, 0.4) is 0 Å². The fraction of sp³-hybridized carbons (Fsp3) is 0.278. The van der Waals surface area contributed by atoms with Crippen LogP contribution in [0.4, 0.5) is 0 Å². The molecule has 2 aromatic rings. The molecule has 2 unspecified atom stereocenters. The van der Waals surface area contributed by atoms with Gasteiger partial charge in [0.25, 0.3) is 0 Å². The lowest BCUT2D eigenvalue weighted by Crippen LogP contribution is -2.38. The van der Waals surface area contributed by atoms with Gasteiger partial charge in [0.15, 0.2) is 0 Å². The van der Waals surface area contributed by atoms with Gasteiger partial charge in [-0.05, 0) is 23.8 Å². The van der Waals surface area contributed by atoms with Gasteiger partial charge < -0.3 is 9.84 Å². The molecule has 1 heterocycles. The number of rotatable bonds is 5. The Bertz CT molecular complexity index is 740. The lowest BCUT2D eigenvalue weighted by atomic mass is 10.1. The van der Waals surface area contributed by atoms with Crippen LogP contribution in [-0.2, 0) is 11.3 Å². The Morgan fingerprint density at radius 3 is 2.83 bits per heavy atom. The molecule has 1 aliphatic rings. The summed E-state index contributed by atoms with van der Waals surface area (Å²) in [5, 5.41) is 10.2. The van der Waals surface area contributed by atoms with Crippen LogP contribution in [0.1, 0.15) is 16.5 Å². The predicted octanol–water partition coefficient (Wildman–Crippen LogP) is 4.05. The van der Waals surface area contributed by atoms with Crippen molar-refractivity contribution in [2.75, 3.05) is 12.9 Å². The fourth-order valence-corrected chi connectivity index (χ4v) is 4.57. The molecule has 1 aliphatic heterocycles. The number of carboxylic acids is 1. The first-order valence-corrected chi connectivity index (χ1v) is 9.00. The quantitative estimate of drug-likeness (QED) is 0.868. The van der Waals surface area contributed by atoms with E-state index in [1.165, 1.54) is 0 Å². The highest BCUT2D eigenvalue weighted by Crippen LogP contribution is 2.43. The normalized spacial score (nSPS) is 20.9. The molecule has 126 valence electrons. The zero-order valence-corrected chi connectivity index (χ0v) is 14.8. The summed E-state index contributed by atoms with van der Waals surface area (Å²) >= 11 is 7.74. The maximum Gasteiger partial charge on any atom is 0.321 e. The van der Waals surface area contributed by atoms with Crippen LogP contribution in [0, 0.1) is 0 Å². The highest BCUT2D eigenvalue weighted by atomic mass is 35.5. The van der Waals surface area contributed by atoms with Gasteiger partial charge in [-0.1, -0.05) is 41.9 Å². The number of methoxy groups -OCH3 is 1. The number of para-hydroxylation sites is 1. The highest BCUT2D eigenvalue weighted by Gasteiger charge is 2.39. The molecular weight excluding hydrogens is 346 g/mol. The van der Waals surface area contributed by atoms with Gasteiger partial charge in [0, 0.05) is 22.9 Å². The summed E-state index contributed by atoms with van der Waals surface area (Å²) < 4.78 is 5.41. The second kappa shape index (κ2) is 7.47. The molecule has 0 spiro atoms. The maximum atomic E-state index is 11.7. The summed E-state index contributed by atoms with van der Waals surface area (Å²) in [4.78, 5) is 13.7. The molecule has 0 aliphatic carbocycles. The van der Waals surface area contributed by atoms with Crippen LogP contribution in [0.25, 0.3) is 0 Å². The van der Waals surface area contributed by atoms with Crippen LogP contribution < -0.4 is 4.74 Å². The number of nitrogens with zero attached hydrogens (tertiary/aromatic N) is 1. The molecule has 4 nitrogen and oxygen atoms in total. The van der Waals surface area contributed by atoms with E-state index in [1.807, 2.05) is 53.4 Å². The topological polar surface area (TPSA) is 49.8 Å². The van der Waals surface area contributed by atoms with Gasteiger partial charge in [0.2, 0.25) is 0 Å². The summed E-state index contributed by atoms with van der Waals surface area (Å²) in [7, 11) is 1.63. The van der Waals surface area contributed by atoms with Crippen molar-refractivity contribution in [1.82, 2.24) is 4.90 Å². The molecule has 2 atom stereocenters. The van der Waals surface area contributed by atoms with Crippen molar-refractivity contribution >= 4 is 29.3 Å². The minimum Gasteiger partial charge on any atom is -0.496 e. The van der Waals surface area contributed by atoms with Gasteiger partial charge in [-0.15, -0.1) is 11.8 Å². The van der Waals surface area contributed by atoms with Gasteiger partial charge in [-0.2, -0.15) is 0 Å². The van der Waals surface area contributed by atoms with E-state index in [1.54, 1.807) is 18.9 Å². The summed E-state index contributed by atoms with van der Waals surface area (Å²) in [6.07, 6.45) is 0. The average molecular weight is 364 g/mol. The van der Waals surface area contributed by atoms with Crippen molar-refractivity contribution in [3.8, 4) is 5.75 Å². The number of hydrogen-bond donors (Lipinski definition) is 1. The smallest absolute Gasteiger partial charge is 0.321 e. The SMILES string of the molecule is COc1ccccc1CN1C(C(=O)O)CSC1c1cccc(Cl)c1. The van der Waals surface area contributed by atoms with Crippen molar-refractivity contribution in [3.05, 3.63) is 64.7 Å². The largest absolute Gasteiger partial charge is 0.496 e. The van der Waals surface area contributed by atoms with Crippen LogP contribution >= 0.6 is 23.4 Å². The van der Waals surface area contributed by atoms with Crippen molar-refractivity contribution in [3.63, 3.8) is 0 Å². The molecule has 1 saturated heterocycles. The first kappa shape index (κ1) is 17.1. The van der Waals surface area contributed by atoms with Crippen LogP contribution in [0.5, 0.6) is 5.75 Å². The van der Waals surface area contributed by atoms with Gasteiger partial charge in [0.1, 0.15) is 11.8 Å². The fourth-order valence-electron chi connectivity index (χ4n) is 2.92. The standard InChI is InChI=1S/C18H18ClNO3S/c1-23-16-8-3-2-5-13(16)10-20-15(18(21)22)11-24-17(20)12-6-4-7-14(19)9-12/h2-9,15,17H,10-11H2,1H3,(H,21,22). The van der Waals surface area contributed by atoms with E-state index < -0.39 is 12.0 Å². The summed E-state index contributed by atoms with van der Waals surface area (Å²) in [6.45, 7) is 0.505. The maximum absolute atomic E-state index is 11.7. The second-order valence-electron chi connectivity index (χ2n) is 5.58. The number of carbonyl (C=O) groups is 1. The molecule has 2 aromatic carbocycles. The molecule has 1 N–H and O–H groups in total. The lowest BCUT2D eigenvalue weighted by Gasteiger charge is -2.28. The molecule has 24 heavy (non-hydrogen) atoms. The Morgan fingerprint density at radius 2 is 2.12 bits per heavy atom. The van der Waals surface area contributed by atoms with E-state index in [0.717, 1.165) is 16.9 Å². The highest BCUT2D eigenvalue weighted by molar-refractivity contribution is 7.99. The third kappa shape index (κ3) is 3.53. The van der Waals surface area contributed by atoms with E-state index in [9.17, 15) is 9.90 Å². The number of aliphatic carboxylic acids is 1. The van der Waals surface area contributed by atoms with Gasteiger partial charge in [0.05, 0.1) is 12.5 Å². The zero-order chi connectivity index (χ0) is 17.1. The molecule has 0 amide bonds. The molecule has 1 fully saturated rings. The number of thioether (sulfide) groups is 1. The van der Waals surface area contributed by atoms with E-state index in [0.29, 0.717) is 17.3 Å². The summed E-state index contributed by atoms with van der Waals surface area (Å²) in [5.74, 6) is 0.507. The first-order valence-electron chi connectivity index (χ1n) is 7.57. The molecule has 0 bridgehead atoms. The first-order chi connectivity index (χ1) is 11.6.